The van der Waals surface area contributed by atoms with E-state index in [4.69, 9.17) is 17.4 Å². The Morgan fingerprint density at radius 3 is 2.71 bits per heavy atom. The van der Waals surface area contributed by atoms with Crippen molar-refractivity contribution in [1.82, 2.24) is 5.43 Å². The van der Waals surface area contributed by atoms with Gasteiger partial charge in [0.25, 0.3) is 0 Å². The number of nitrogens with two attached hydrogens (primary N) is 1. The first-order valence-electron chi connectivity index (χ1n) is 5.70. The molecular weight excluding hydrogens is 302 g/mol. The van der Waals surface area contributed by atoms with Gasteiger partial charge in [-0.05, 0) is 40.9 Å². The number of rotatable bonds is 2. The number of halogens is 2. The highest BCUT2D eigenvalue weighted by Crippen LogP contribution is 2.25. The average Bonchev–Trinajstić information content (AvgIpc) is 2.82. The zero-order chi connectivity index (χ0) is 12.3. The topological polar surface area (TPSA) is 50.4 Å². The highest BCUT2D eigenvalue weighted by molar-refractivity contribution is 9.10. The Kier molecular flexibility index (Phi) is 4.42. The van der Waals surface area contributed by atoms with Crippen LogP contribution in [0.1, 0.15) is 31.2 Å². The summed E-state index contributed by atoms with van der Waals surface area (Å²) in [5.74, 6) is 6.25. The van der Waals surface area contributed by atoms with Crippen LogP contribution >= 0.6 is 27.5 Å². The van der Waals surface area contributed by atoms with Gasteiger partial charge in [0.05, 0.1) is 11.1 Å². The Balaban J connectivity index is 2.24. The quantitative estimate of drug-likeness (QED) is 0.381. The average molecular weight is 317 g/mol. The van der Waals surface area contributed by atoms with Gasteiger partial charge in [-0.2, -0.15) is 0 Å². The van der Waals surface area contributed by atoms with Gasteiger partial charge in [-0.1, -0.05) is 30.5 Å². The lowest BCUT2D eigenvalue weighted by molar-refractivity contribution is 0.701. The number of hydrogen-bond donors (Lipinski definition) is 2. The minimum atomic E-state index is 0.392. The minimum absolute atomic E-state index is 0.392. The molecule has 0 bridgehead atoms. The summed E-state index contributed by atoms with van der Waals surface area (Å²) in [5, 5.41) is 0.664. The predicted octanol–water partition coefficient (Wildman–Crippen LogP) is 3.26. The lowest BCUT2D eigenvalue weighted by Crippen LogP contribution is -2.32. The highest BCUT2D eigenvalue weighted by Gasteiger charge is 2.15. The number of hydrazine groups is 1. The molecule has 1 aromatic carbocycles. The van der Waals surface area contributed by atoms with E-state index in [1.54, 1.807) is 0 Å². The summed E-state index contributed by atoms with van der Waals surface area (Å²) < 4.78 is 0.875. The molecule has 2 rings (SSSR count). The summed E-state index contributed by atoms with van der Waals surface area (Å²) in [6.45, 7) is 0. The summed E-state index contributed by atoms with van der Waals surface area (Å²) >= 11 is 9.43. The molecule has 0 aromatic heterocycles. The van der Waals surface area contributed by atoms with E-state index in [1.165, 1.54) is 12.8 Å². The number of hydrogen-bond acceptors (Lipinski definition) is 2. The third-order valence-electron chi connectivity index (χ3n) is 2.97. The number of amidine groups is 1. The second kappa shape index (κ2) is 5.85. The largest absolute Gasteiger partial charge is 0.308 e. The zero-order valence-corrected chi connectivity index (χ0v) is 11.8. The summed E-state index contributed by atoms with van der Waals surface area (Å²) in [6.07, 6.45) is 4.81. The molecule has 0 radical (unpaired) electrons. The second-order valence-corrected chi connectivity index (χ2v) is 5.45. The van der Waals surface area contributed by atoms with Crippen LogP contribution < -0.4 is 11.3 Å². The van der Waals surface area contributed by atoms with Crippen LogP contribution in [0.25, 0.3) is 0 Å². The normalized spacial score (nSPS) is 17.5. The van der Waals surface area contributed by atoms with E-state index in [2.05, 4.69) is 26.3 Å². The molecule has 0 spiro atoms. The van der Waals surface area contributed by atoms with E-state index in [9.17, 15) is 0 Å². The number of nitrogens with one attached hydrogen (secondary N) is 1. The number of nitrogens with zero attached hydrogens (tertiary/aromatic N) is 1. The van der Waals surface area contributed by atoms with Crippen molar-refractivity contribution in [1.29, 1.82) is 0 Å². The minimum Gasteiger partial charge on any atom is -0.308 e. The van der Waals surface area contributed by atoms with Gasteiger partial charge in [0.2, 0.25) is 0 Å². The summed E-state index contributed by atoms with van der Waals surface area (Å²) in [5.41, 5.74) is 3.59. The van der Waals surface area contributed by atoms with E-state index < -0.39 is 0 Å². The van der Waals surface area contributed by atoms with Crippen molar-refractivity contribution in [2.45, 2.75) is 31.7 Å². The van der Waals surface area contributed by atoms with Crippen LogP contribution in [0, 0.1) is 0 Å². The van der Waals surface area contributed by atoms with Crippen LogP contribution in [0.5, 0.6) is 0 Å². The molecule has 1 fully saturated rings. The van der Waals surface area contributed by atoms with Crippen LogP contribution in [0.3, 0.4) is 0 Å². The van der Waals surface area contributed by atoms with Gasteiger partial charge in [0.15, 0.2) is 0 Å². The molecule has 0 atom stereocenters. The summed E-state index contributed by atoms with van der Waals surface area (Å²) in [6, 6.07) is 6.10. The molecule has 1 aromatic rings. The first-order chi connectivity index (χ1) is 8.20. The van der Waals surface area contributed by atoms with Gasteiger partial charge in [-0.3, -0.25) is 4.99 Å². The monoisotopic (exact) mass is 315 g/mol. The van der Waals surface area contributed by atoms with Gasteiger partial charge >= 0.3 is 0 Å². The first kappa shape index (κ1) is 12.9. The molecule has 92 valence electrons. The lowest BCUT2D eigenvalue weighted by Gasteiger charge is -2.10. The fourth-order valence-corrected chi connectivity index (χ4v) is 2.48. The summed E-state index contributed by atoms with van der Waals surface area (Å²) in [4.78, 5) is 4.64. The Hall–Kier alpha value is -0.580. The third-order valence-corrected chi connectivity index (χ3v) is 4.20. The van der Waals surface area contributed by atoms with E-state index in [0.29, 0.717) is 16.9 Å². The second-order valence-electron chi connectivity index (χ2n) is 4.19. The summed E-state index contributed by atoms with van der Waals surface area (Å²) in [7, 11) is 0. The molecule has 0 unspecified atom stereocenters. The molecule has 0 saturated heterocycles. The Morgan fingerprint density at radius 2 is 2.12 bits per heavy atom. The Morgan fingerprint density at radius 1 is 1.41 bits per heavy atom. The smallest absolute Gasteiger partial charge is 0.142 e. The molecule has 1 saturated carbocycles. The number of benzene rings is 1. The van der Waals surface area contributed by atoms with E-state index in [1.807, 2.05) is 18.2 Å². The molecule has 17 heavy (non-hydrogen) atoms. The first-order valence-corrected chi connectivity index (χ1v) is 6.87. The van der Waals surface area contributed by atoms with Crippen molar-refractivity contribution in [2.75, 3.05) is 0 Å². The van der Waals surface area contributed by atoms with Crippen molar-refractivity contribution in [3.8, 4) is 0 Å². The van der Waals surface area contributed by atoms with Crippen molar-refractivity contribution in [3.05, 3.63) is 33.3 Å². The molecule has 5 heteroatoms. The van der Waals surface area contributed by atoms with Gasteiger partial charge in [-0.25, -0.2) is 5.84 Å². The SMILES string of the molecule is NNC(=NC1CCCC1)c1ccc(Br)c(Cl)c1. The third kappa shape index (κ3) is 3.21. The molecule has 0 heterocycles. The Labute approximate surface area is 115 Å². The van der Waals surface area contributed by atoms with Crippen molar-refractivity contribution in [3.63, 3.8) is 0 Å². The molecular formula is C12H15BrClN3. The van der Waals surface area contributed by atoms with E-state index in [0.717, 1.165) is 22.9 Å². The molecule has 0 amide bonds. The molecule has 0 aliphatic heterocycles. The molecule has 1 aliphatic rings. The number of aliphatic imine (C=N–C) groups is 1. The van der Waals surface area contributed by atoms with Gasteiger partial charge in [0.1, 0.15) is 5.84 Å². The van der Waals surface area contributed by atoms with E-state index >= 15 is 0 Å². The maximum atomic E-state index is 6.06. The van der Waals surface area contributed by atoms with Gasteiger partial charge in [-0.15, -0.1) is 0 Å². The zero-order valence-electron chi connectivity index (χ0n) is 9.42. The van der Waals surface area contributed by atoms with Crippen LogP contribution in [-0.2, 0) is 0 Å². The van der Waals surface area contributed by atoms with E-state index in [-0.39, 0.29) is 0 Å². The van der Waals surface area contributed by atoms with Crippen molar-refractivity contribution >= 4 is 33.4 Å². The maximum Gasteiger partial charge on any atom is 0.142 e. The van der Waals surface area contributed by atoms with Crippen LogP contribution in [0.4, 0.5) is 0 Å². The van der Waals surface area contributed by atoms with Crippen LogP contribution in [0.2, 0.25) is 5.02 Å². The standard InChI is InChI=1S/C12H15BrClN3/c13-10-6-5-8(7-11(10)14)12(17-15)16-9-3-1-2-4-9/h5-7,9H,1-4,15H2,(H,16,17). The van der Waals surface area contributed by atoms with Crippen molar-refractivity contribution in [2.24, 2.45) is 10.8 Å². The van der Waals surface area contributed by atoms with Crippen molar-refractivity contribution < 1.29 is 0 Å². The van der Waals surface area contributed by atoms with Crippen LogP contribution in [0.15, 0.2) is 27.7 Å². The highest BCUT2D eigenvalue weighted by atomic mass is 79.9. The predicted molar refractivity (Wildman–Crippen MR) is 75.3 cm³/mol. The van der Waals surface area contributed by atoms with Gasteiger partial charge in [0, 0.05) is 10.0 Å². The Bertz CT molecular complexity index is 428. The van der Waals surface area contributed by atoms with Gasteiger partial charge < -0.3 is 5.43 Å². The fourth-order valence-electron chi connectivity index (χ4n) is 2.05. The maximum absolute atomic E-state index is 6.06. The molecule has 1 aliphatic carbocycles. The fraction of sp³-hybridized carbons (Fsp3) is 0.417. The van der Waals surface area contributed by atoms with Crippen LogP contribution in [-0.4, -0.2) is 11.9 Å². The lowest BCUT2D eigenvalue weighted by atomic mass is 10.2. The molecule has 3 nitrogen and oxygen atoms in total. The molecule has 3 N–H and O–H groups in total.